The van der Waals surface area contributed by atoms with Gasteiger partial charge in [0.2, 0.25) is 5.91 Å². The molecule has 0 aromatic heterocycles. The lowest BCUT2D eigenvalue weighted by Gasteiger charge is -2.41. The highest BCUT2D eigenvalue weighted by atomic mass is 35.5. The molecule has 0 bridgehead atoms. The van der Waals surface area contributed by atoms with Gasteiger partial charge in [-0.25, -0.2) is 0 Å². The highest BCUT2D eigenvalue weighted by Crippen LogP contribution is 2.44. The molecule has 1 saturated heterocycles. The molecule has 1 heterocycles. The van der Waals surface area contributed by atoms with Crippen LogP contribution in [0.3, 0.4) is 0 Å². The van der Waals surface area contributed by atoms with Gasteiger partial charge in [-0.1, -0.05) is 44.0 Å². The third-order valence-corrected chi connectivity index (χ3v) is 6.38. The van der Waals surface area contributed by atoms with Crippen LogP contribution in [-0.4, -0.2) is 61.5 Å². The lowest BCUT2D eigenvalue weighted by Crippen LogP contribution is -2.51. The molecule has 1 aliphatic carbocycles. The Morgan fingerprint density at radius 2 is 1.77 bits per heavy atom. The van der Waals surface area contributed by atoms with Gasteiger partial charge in [-0.05, 0) is 43.0 Å². The first-order valence-corrected chi connectivity index (χ1v) is 10.4. The zero-order chi connectivity index (χ0) is 18.6. The highest BCUT2D eigenvalue weighted by molar-refractivity contribution is 6.30. The molecule has 3 rings (SSSR count). The van der Waals surface area contributed by atoms with E-state index < -0.39 is 0 Å². The average Bonchev–Trinajstić information content (AvgIpc) is 2.61. The van der Waals surface area contributed by atoms with Crippen molar-refractivity contribution in [1.29, 1.82) is 0 Å². The molecule has 2 fully saturated rings. The average molecular weight is 378 g/mol. The number of piperazine rings is 1. The van der Waals surface area contributed by atoms with E-state index in [1.165, 1.54) is 0 Å². The van der Waals surface area contributed by atoms with E-state index in [0.717, 1.165) is 75.7 Å². The summed E-state index contributed by atoms with van der Waals surface area (Å²) < 4.78 is 0. The second kappa shape index (κ2) is 8.73. The molecular formula is C21H32ClN3O. The smallest absolute Gasteiger partial charge is 0.230 e. The summed E-state index contributed by atoms with van der Waals surface area (Å²) in [5, 5.41) is 3.96. The second-order valence-corrected chi connectivity index (χ2v) is 8.43. The lowest BCUT2D eigenvalue weighted by atomic mass is 9.64. The van der Waals surface area contributed by atoms with Crippen LogP contribution in [0.1, 0.15) is 38.7 Å². The van der Waals surface area contributed by atoms with Crippen molar-refractivity contribution in [3.05, 3.63) is 34.9 Å². The molecule has 1 unspecified atom stereocenters. The molecular weight excluding hydrogens is 346 g/mol. The number of halogens is 1. The lowest BCUT2D eigenvalue weighted by molar-refractivity contribution is -0.130. The predicted molar refractivity (Wildman–Crippen MR) is 108 cm³/mol. The Kier molecular flexibility index (Phi) is 6.60. The Bertz CT molecular complexity index is 592. The summed E-state index contributed by atoms with van der Waals surface area (Å²) in [4.78, 5) is 18.0. The summed E-state index contributed by atoms with van der Waals surface area (Å²) in [5.41, 5.74) is 0.769. The van der Waals surface area contributed by atoms with Crippen LogP contribution in [0, 0.1) is 5.92 Å². The zero-order valence-electron chi connectivity index (χ0n) is 16.1. The van der Waals surface area contributed by atoms with Gasteiger partial charge in [0.15, 0.2) is 0 Å². The van der Waals surface area contributed by atoms with Crippen LogP contribution in [0.5, 0.6) is 0 Å². The monoisotopic (exact) mass is 377 g/mol. The molecule has 4 nitrogen and oxygen atoms in total. The Balaban J connectivity index is 1.49. The Morgan fingerprint density at radius 1 is 1.15 bits per heavy atom. The van der Waals surface area contributed by atoms with E-state index >= 15 is 0 Å². The summed E-state index contributed by atoms with van der Waals surface area (Å²) in [6.07, 6.45) is 2.99. The molecule has 1 saturated carbocycles. The van der Waals surface area contributed by atoms with E-state index in [9.17, 15) is 4.79 Å². The molecule has 1 amide bonds. The second-order valence-electron chi connectivity index (χ2n) is 7.99. The fraction of sp³-hybridized carbons (Fsp3) is 0.667. The maximum atomic E-state index is 12.9. The molecule has 1 aliphatic heterocycles. The highest BCUT2D eigenvalue weighted by Gasteiger charge is 2.45. The number of nitrogens with one attached hydrogen (secondary N) is 1. The minimum Gasteiger partial charge on any atom is -0.355 e. The van der Waals surface area contributed by atoms with Crippen molar-refractivity contribution >= 4 is 17.5 Å². The van der Waals surface area contributed by atoms with E-state index in [1.54, 1.807) is 0 Å². The Morgan fingerprint density at radius 3 is 2.31 bits per heavy atom. The van der Waals surface area contributed by atoms with Gasteiger partial charge < -0.3 is 15.1 Å². The number of nitrogens with zero attached hydrogens (tertiary/aromatic N) is 2. The van der Waals surface area contributed by atoms with Crippen molar-refractivity contribution in [2.45, 2.75) is 38.5 Å². The summed E-state index contributed by atoms with van der Waals surface area (Å²) in [6.45, 7) is 12.0. The van der Waals surface area contributed by atoms with Crippen LogP contribution in [-0.2, 0) is 10.2 Å². The minimum atomic E-state index is -0.336. The molecule has 0 spiro atoms. The molecule has 1 N–H and O–H groups in total. The van der Waals surface area contributed by atoms with Crippen LogP contribution in [0.2, 0.25) is 5.02 Å². The number of carbonyl (C=O) groups excluding carboxylic acids is 1. The number of benzene rings is 1. The number of hydrogen-bond donors (Lipinski definition) is 1. The van der Waals surface area contributed by atoms with Crippen molar-refractivity contribution < 1.29 is 4.79 Å². The normalized spacial score (nSPS) is 21.8. The van der Waals surface area contributed by atoms with E-state index in [2.05, 4.69) is 29.0 Å². The van der Waals surface area contributed by atoms with Crippen molar-refractivity contribution in [1.82, 2.24) is 15.1 Å². The molecule has 2 aliphatic rings. The van der Waals surface area contributed by atoms with Crippen LogP contribution in [0.15, 0.2) is 24.3 Å². The Labute approximate surface area is 162 Å². The van der Waals surface area contributed by atoms with Gasteiger partial charge in [0, 0.05) is 44.3 Å². The van der Waals surface area contributed by atoms with E-state index in [-0.39, 0.29) is 11.3 Å². The fourth-order valence-corrected chi connectivity index (χ4v) is 4.30. The maximum absolute atomic E-state index is 12.9. The summed E-state index contributed by atoms with van der Waals surface area (Å²) in [5.74, 6) is 0.656. The number of rotatable bonds is 7. The Hall–Kier alpha value is -1.10. The largest absolute Gasteiger partial charge is 0.355 e. The van der Waals surface area contributed by atoms with Crippen LogP contribution < -0.4 is 5.32 Å². The first-order valence-electron chi connectivity index (χ1n) is 10.0. The quantitative estimate of drug-likeness (QED) is 0.792. The summed E-state index contributed by atoms with van der Waals surface area (Å²) >= 11 is 6.01. The number of carbonyl (C=O) groups is 1. The van der Waals surface area contributed by atoms with Crippen LogP contribution in [0.25, 0.3) is 0 Å². The van der Waals surface area contributed by atoms with E-state index in [1.807, 2.05) is 24.3 Å². The van der Waals surface area contributed by atoms with E-state index in [0.29, 0.717) is 5.92 Å². The molecule has 0 radical (unpaired) electrons. The van der Waals surface area contributed by atoms with Crippen LogP contribution in [0.4, 0.5) is 0 Å². The minimum absolute atomic E-state index is 0.189. The molecule has 26 heavy (non-hydrogen) atoms. The topological polar surface area (TPSA) is 35.6 Å². The van der Waals surface area contributed by atoms with Gasteiger partial charge in [0.05, 0.1) is 5.41 Å². The predicted octanol–water partition coefficient (Wildman–Crippen LogP) is 3.15. The van der Waals surface area contributed by atoms with Gasteiger partial charge in [-0.15, -0.1) is 0 Å². The number of likely N-dealkylation sites (N-methyl/N-ethyl adjacent to an activating group) is 1. The first-order chi connectivity index (χ1) is 12.5. The van der Waals surface area contributed by atoms with Crippen molar-refractivity contribution in [2.24, 2.45) is 5.92 Å². The summed E-state index contributed by atoms with van der Waals surface area (Å²) in [6, 6.07) is 7.81. The standard InChI is InChI=1S/C21H32ClN3O/c1-3-24-11-13-25(14-12-24)16-17(2)15-23-20(26)21(9-4-10-21)18-5-7-19(22)8-6-18/h5-8,17H,3-4,9-16H2,1-2H3,(H,23,26). The maximum Gasteiger partial charge on any atom is 0.230 e. The number of hydrogen-bond acceptors (Lipinski definition) is 3. The zero-order valence-corrected chi connectivity index (χ0v) is 16.9. The molecule has 1 atom stereocenters. The first kappa shape index (κ1) is 19.7. The van der Waals surface area contributed by atoms with Crippen LogP contribution >= 0.6 is 11.6 Å². The van der Waals surface area contributed by atoms with Gasteiger partial charge >= 0.3 is 0 Å². The fourth-order valence-electron chi connectivity index (χ4n) is 4.18. The molecule has 1 aromatic rings. The van der Waals surface area contributed by atoms with E-state index in [4.69, 9.17) is 11.6 Å². The van der Waals surface area contributed by atoms with Crippen molar-refractivity contribution in [3.63, 3.8) is 0 Å². The molecule has 1 aromatic carbocycles. The van der Waals surface area contributed by atoms with Crippen molar-refractivity contribution in [2.75, 3.05) is 45.8 Å². The van der Waals surface area contributed by atoms with Gasteiger partial charge in [-0.2, -0.15) is 0 Å². The van der Waals surface area contributed by atoms with Gasteiger partial charge in [0.25, 0.3) is 0 Å². The third-order valence-electron chi connectivity index (χ3n) is 6.13. The van der Waals surface area contributed by atoms with Gasteiger partial charge in [-0.3, -0.25) is 4.79 Å². The SMILES string of the molecule is CCN1CCN(CC(C)CNC(=O)C2(c3ccc(Cl)cc3)CCC2)CC1. The molecule has 5 heteroatoms. The van der Waals surface area contributed by atoms with Crippen molar-refractivity contribution in [3.8, 4) is 0 Å². The third kappa shape index (κ3) is 4.41. The summed E-state index contributed by atoms with van der Waals surface area (Å²) in [7, 11) is 0. The van der Waals surface area contributed by atoms with Gasteiger partial charge in [0.1, 0.15) is 0 Å². The molecule has 144 valence electrons. The number of amides is 1.